The van der Waals surface area contributed by atoms with Crippen LogP contribution in [0.5, 0.6) is 11.5 Å². The van der Waals surface area contributed by atoms with Crippen molar-refractivity contribution in [1.29, 1.82) is 0 Å². The first-order valence-electron chi connectivity index (χ1n) is 8.76. The number of benzene rings is 2. The Kier molecular flexibility index (Phi) is 6.65. The van der Waals surface area contributed by atoms with E-state index >= 15 is 0 Å². The average Bonchev–Trinajstić information content (AvgIpc) is 2.74. The van der Waals surface area contributed by atoms with Crippen molar-refractivity contribution in [2.24, 2.45) is 5.10 Å². The zero-order valence-corrected chi connectivity index (χ0v) is 15.3. The summed E-state index contributed by atoms with van der Waals surface area (Å²) in [6.45, 7) is 3.21. The van der Waals surface area contributed by atoms with Gasteiger partial charge in [0.15, 0.2) is 6.61 Å². The number of anilines is 1. The van der Waals surface area contributed by atoms with Crippen molar-refractivity contribution >= 4 is 17.8 Å². The fourth-order valence-corrected chi connectivity index (χ4v) is 2.62. The molecule has 2 aromatic carbocycles. The van der Waals surface area contributed by atoms with Gasteiger partial charge in [-0.25, -0.2) is 5.43 Å². The van der Waals surface area contributed by atoms with Gasteiger partial charge in [0.25, 0.3) is 5.91 Å². The third-order valence-electron chi connectivity index (χ3n) is 4.10. The Morgan fingerprint density at radius 3 is 2.44 bits per heavy atom. The number of rotatable bonds is 7. The minimum absolute atomic E-state index is 0.111. The third kappa shape index (κ3) is 5.72. The van der Waals surface area contributed by atoms with Crippen LogP contribution in [0.2, 0.25) is 0 Å². The summed E-state index contributed by atoms with van der Waals surface area (Å²) in [7, 11) is 1.59. The van der Waals surface area contributed by atoms with E-state index in [0.717, 1.165) is 43.3 Å². The molecule has 0 aromatic heterocycles. The van der Waals surface area contributed by atoms with Crippen molar-refractivity contribution in [2.75, 3.05) is 44.9 Å². The van der Waals surface area contributed by atoms with Crippen LogP contribution in [0.15, 0.2) is 53.6 Å². The molecule has 0 spiro atoms. The van der Waals surface area contributed by atoms with Gasteiger partial charge in [-0.05, 0) is 42.0 Å². The Morgan fingerprint density at radius 2 is 1.78 bits per heavy atom. The van der Waals surface area contributed by atoms with Gasteiger partial charge in [0.1, 0.15) is 11.5 Å². The Labute approximate surface area is 158 Å². The number of ether oxygens (including phenoxy) is 3. The molecule has 0 unspecified atom stereocenters. The zero-order valence-electron chi connectivity index (χ0n) is 15.3. The molecule has 7 heteroatoms. The number of hydrogen-bond donors (Lipinski definition) is 1. The molecule has 1 aliphatic heterocycles. The van der Waals surface area contributed by atoms with Gasteiger partial charge in [-0.1, -0.05) is 12.1 Å². The molecule has 0 atom stereocenters. The quantitative estimate of drug-likeness (QED) is 0.597. The highest BCUT2D eigenvalue weighted by Gasteiger charge is 2.10. The van der Waals surface area contributed by atoms with Gasteiger partial charge >= 0.3 is 0 Å². The number of hydrogen-bond acceptors (Lipinski definition) is 6. The van der Waals surface area contributed by atoms with Crippen molar-refractivity contribution < 1.29 is 19.0 Å². The fourth-order valence-electron chi connectivity index (χ4n) is 2.62. The maximum Gasteiger partial charge on any atom is 0.277 e. The summed E-state index contributed by atoms with van der Waals surface area (Å²) in [5, 5.41) is 3.97. The monoisotopic (exact) mass is 369 g/mol. The summed E-state index contributed by atoms with van der Waals surface area (Å²) in [5.74, 6) is 0.997. The smallest absolute Gasteiger partial charge is 0.277 e. The van der Waals surface area contributed by atoms with E-state index in [2.05, 4.69) is 15.4 Å². The van der Waals surface area contributed by atoms with Crippen molar-refractivity contribution in [1.82, 2.24) is 5.43 Å². The molecule has 1 saturated heterocycles. The molecule has 0 saturated carbocycles. The lowest BCUT2D eigenvalue weighted by Gasteiger charge is -2.28. The first kappa shape index (κ1) is 18.7. The SMILES string of the molecule is COc1ccc(OCC(=O)N/N=C/c2ccc(N3CCOCC3)cc2)cc1. The van der Waals surface area contributed by atoms with E-state index in [1.54, 1.807) is 37.6 Å². The zero-order chi connectivity index (χ0) is 18.9. The van der Waals surface area contributed by atoms with E-state index in [1.165, 1.54) is 0 Å². The number of nitrogens with zero attached hydrogens (tertiary/aromatic N) is 2. The lowest BCUT2D eigenvalue weighted by atomic mass is 10.2. The van der Waals surface area contributed by atoms with Crippen LogP contribution in [-0.2, 0) is 9.53 Å². The molecule has 7 nitrogen and oxygen atoms in total. The number of nitrogens with one attached hydrogen (secondary N) is 1. The molecule has 1 fully saturated rings. The van der Waals surface area contributed by atoms with Crippen LogP contribution in [0, 0.1) is 0 Å². The molecule has 1 N–H and O–H groups in total. The van der Waals surface area contributed by atoms with Gasteiger partial charge in [-0.3, -0.25) is 4.79 Å². The molecule has 0 bridgehead atoms. The summed E-state index contributed by atoms with van der Waals surface area (Å²) in [5.41, 5.74) is 4.52. The predicted octanol–water partition coefficient (Wildman–Crippen LogP) is 2.06. The number of carbonyl (C=O) groups is 1. The topological polar surface area (TPSA) is 72.4 Å². The van der Waals surface area contributed by atoms with Crippen LogP contribution >= 0.6 is 0 Å². The van der Waals surface area contributed by atoms with Crippen molar-refractivity contribution in [3.8, 4) is 11.5 Å². The molecule has 0 radical (unpaired) electrons. The number of amides is 1. The average molecular weight is 369 g/mol. The van der Waals surface area contributed by atoms with Crippen LogP contribution in [0.3, 0.4) is 0 Å². The van der Waals surface area contributed by atoms with Gasteiger partial charge in [-0.2, -0.15) is 5.10 Å². The molecule has 2 aromatic rings. The van der Waals surface area contributed by atoms with E-state index in [0.29, 0.717) is 5.75 Å². The first-order valence-corrected chi connectivity index (χ1v) is 8.76. The van der Waals surface area contributed by atoms with E-state index in [1.807, 2.05) is 24.3 Å². The molecular weight excluding hydrogens is 346 g/mol. The van der Waals surface area contributed by atoms with Crippen molar-refractivity contribution in [3.63, 3.8) is 0 Å². The summed E-state index contributed by atoms with van der Waals surface area (Å²) < 4.78 is 15.8. The second-order valence-electron chi connectivity index (χ2n) is 5.95. The lowest BCUT2D eigenvalue weighted by molar-refractivity contribution is -0.123. The van der Waals surface area contributed by atoms with Crippen LogP contribution in [-0.4, -0.2) is 52.1 Å². The largest absolute Gasteiger partial charge is 0.497 e. The van der Waals surface area contributed by atoms with Crippen LogP contribution in [0.1, 0.15) is 5.56 Å². The molecule has 0 aliphatic carbocycles. The second kappa shape index (κ2) is 9.59. The van der Waals surface area contributed by atoms with Gasteiger partial charge in [0, 0.05) is 18.8 Å². The lowest BCUT2D eigenvalue weighted by Crippen LogP contribution is -2.36. The Bertz CT molecular complexity index is 754. The molecule has 3 rings (SSSR count). The summed E-state index contributed by atoms with van der Waals surface area (Å²) >= 11 is 0. The van der Waals surface area contributed by atoms with Gasteiger partial charge in [-0.15, -0.1) is 0 Å². The van der Waals surface area contributed by atoms with Crippen LogP contribution in [0.4, 0.5) is 5.69 Å². The molecule has 1 heterocycles. The van der Waals surface area contributed by atoms with Gasteiger partial charge < -0.3 is 19.1 Å². The van der Waals surface area contributed by atoms with Gasteiger partial charge in [0.2, 0.25) is 0 Å². The summed E-state index contributed by atoms with van der Waals surface area (Å²) in [6, 6.07) is 15.0. The van der Waals surface area contributed by atoms with Crippen LogP contribution in [0.25, 0.3) is 0 Å². The molecule has 1 amide bonds. The fraction of sp³-hybridized carbons (Fsp3) is 0.300. The molecule has 27 heavy (non-hydrogen) atoms. The summed E-state index contributed by atoms with van der Waals surface area (Å²) in [6.07, 6.45) is 1.61. The highest BCUT2D eigenvalue weighted by molar-refractivity contribution is 5.83. The maximum absolute atomic E-state index is 11.8. The first-order chi connectivity index (χ1) is 13.2. The number of hydrazone groups is 1. The second-order valence-corrected chi connectivity index (χ2v) is 5.95. The molecule has 1 aliphatic rings. The van der Waals surface area contributed by atoms with E-state index < -0.39 is 0 Å². The highest BCUT2D eigenvalue weighted by Crippen LogP contribution is 2.17. The standard InChI is InChI=1S/C20H23N3O4/c1-25-18-6-8-19(9-7-18)27-15-20(24)22-21-14-16-2-4-17(5-3-16)23-10-12-26-13-11-23/h2-9,14H,10-13,15H2,1H3,(H,22,24)/b21-14+. The minimum atomic E-state index is -0.327. The van der Waals surface area contributed by atoms with E-state index in [-0.39, 0.29) is 12.5 Å². The summed E-state index contributed by atoms with van der Waals surface area (Å²) in [4.78, 5) is 14.1. The van der Waals surface area contributed by atoms with Crippen molar-refractivity contribution in [3.05, 3.63) is 54.1 Å². The maximum atomic E-state index is 11.8. The number of carbonyl (C=O) groups excluding carboxylic acids is 1. The predicted molar refractivity (Wildman–Crippen MR) is 104 cm³/mol. The number of morpholine rings is 1. The molecule has 142 valence electrons. The Morgan fingerprint density at radius 1 is 1.11 bits per heavy atom. The normalized spacial score (nSPS) is 14.2. The van der Waals surface area contributed by atoms with Crippen molar-refractivity contribution in [2.45, 2.75) is 0 Å². The number of methoxy groups -OCH3 is 1. The third-order valence-corrected chi connectivity index (χ3v) is 4.10. The Hall–Kier alpha value is -3.06. The molecular formula is C20H23N3O4. The highest BCUT2D eigenvalue weighted by atomic mass is 16.5. The van der Waals surface area contributed by atoms with E-state index in [9.17, 15) is 4.79 Å². The van der Waals surface area contributed by atoms with Crippen LogP contribution < -0.4 is 19.8 Å². The minimum Gasteiger partial charge on any atom is -0.497 e. The van der Waals surface area contributed by atoms with Gasteiger partial charge in [0.05, 0.1) is 26.5 Å². The Balaban J connectivity index is 1.43. The van der Waals surface area contributed by atoms with E-state index in [4.69, 9.17) is 14.2 Å².